The van der Waals surface area contributed by atoms with Gasteiger partial charge < -0.3 is 10.8 Å². The van der Waals surface area contributed by atoms with Gasteiger partial charge in [0, 0.05) is 19.7 Å². The summed E-state index contributed by atoms with van der Waals surface area (Å²) < 4.78 is 26.3. The van der Waals surface area contributed by atoms with E-state index in [-0.39, 0.29) is 24.4 Å². The Morgan fingerprint density at radius 1 is 1.47 bits per heavy atom. The first-order chi connectivity index (χ1) is 8.75. The van der Waals surface area contributed by atoms with E-state index in [1.54, 1.807) is 0 Å². The molecular formula is C10H14N4O4S. The Morgan fingerprint density at radius 3 is 2.63 bits per heavy atom. The molecule has 1 aliphatic rings. The van der Waals surface area contributed by atoms with Gasteiger partial charge in [0.05, 0.1) is 11.4 Å². The first-order valence-corrected chi connectivity index (χ1v) is 6.89. The molecule has 0 bridgehead atoms. The van der Waals surface area contributed by atoms with E-state index in [0.717, 1.165) is 8.28 Å². The summed E-state index contributed by atoms with van der Waals surface area (Å²) in [6.45, 7) is 0. The average Bonchev–Trinajstić information content (AvgIpc) is 2.63. The molecule has 8 nitrogen and oxygen atoms in total. The number of aromatic nitrogens is 2. The van der Waals surface area contributed by atoms with Gasteiger partial charge in [0.1, 0.15) is 0 Å². The Balaban J connectivity index is 2.62. The number of rotatable bonds is 3. The fourth-order valence-electron chi connectivity index (χ4n) is 1.90. The number of fused-ring (bicyclic) bond motifs is 1. The molecule has 0 saturated heterocycles. The molecule has 1 aromatic rings. The Kier molecular flexibility index (Phi) is 3.11. The number of nitrogen functional groups attached to an aromatic ring is 1. The molecule has 104 valence electrons. The molecule has 1 aliphatic carbocycles. The number of carbonyl (C=O) groups is 1. The number of carboxylic acid groups (broad SMARTS) is 1. The molecule has 19 heavy (non-hydrogen) atoms. The van der Waals surface area contributed by atoms with E-state index < -0.39 is 16.2 Å². The largest absolute Gasteiger partial charge is 0.478 e. The number of anilines is 1. The van der Waals surface area contributed by atoms with Crippen LogP contribution in [0, 0.1) is 0 Å². The molecule has 0 radical (unpaired) electrons. The molecule has 0 saturated carbocycles. The average molecular weight is 286 g/mol. The van der Waals surface area contributed by atoms with Crippen molar-refractivity contribution in [3.63, 3.8) is 0 Å². The molecule has 9 heteroatoms. The lowest BCUT2D eigenvalue weighted by atomic mass is 10.0. The van der Waals surface area contributed by atoms with Gasteiger partial charge >= 0.3 is 16.2 Å². The molecule has 0 aliphatic heterocycles. The number of hydrogen-bond donors (Lipinski definition) is 2. The van der Waals surface area contributed by atoms with Gasteiger partial charge in [0.2, 0.25) is 5.95 Å². The standard InChI is InChI=1S/C10H14N4O4S/c1-13(2)19(17,18)14-8-4-3-6(9(15)16)5-7(8)12-10(14)11/h5H,3-4H2,1-2H3,(H2,11,12)(H,15,16). The molecule has 0 fully saturated rings. The lowest BCUT2D eigenvalue weighted by Crippen LogP contribution is -2.31. The van der Waals surface area contributed by atoms with Crippen molar-refractivity contribution in [1.82, 2.24) is 13.3 Å². The minimum Gasteiger partial charge on any atom is -0.478 e. The minimum absolute atomic E-state index is 0.165. The fraction of sp³-hybridized carbons (Fsp3) is 0.400. The van der Waals surface area contributed by atoms with Gasteiger partial charge in [0.25, 0.3) is 0 Å². The van der Waals surface area contributed by atoms with Crippen LogP contribution in [0.25, 0.3) is 6.08 Å². The Morgan fingerprint density at radius 2 is 2.11 bits per heavy atom. The molecule has 0 unspecified atom stereocenters. The molecule has 0 aromatic carbocycles. The van der Waals surface area contributed by atoms with Gasteiger partial charge in [-0.3, -0.25) is 0 Å². The summed E-state index contributed by atoms with van der Waals surface area (Å²) in [5, 5.41) is 8.93. The van der Waals surface area contributed by atoms with Crippen LogP contribution in [0.15, 0.2) is 5.57 Å². The van der Waals surface area contributed by atoms with Gasteiger partial charge in [-0.15, -0.1) is 0 Å². The number of nitrogens with zero attached hydrogens (tertiary/aromatic N) is 3. The molecular weight excluding hydrogens is 272 g/mol. The summed E-state index contributed by atoms with van der Waals surface area (Å²) in [4.78, 5) is 14.8. The number of imidazole rings is 1. The highest BCUT2D eigenvalue weighted by molar-refractivity contribution is 7.87. The van der Waals surface area contributed by atoms with E-state index in [2.05, 4.69) is 4.98 Å². The lowest BCUT2D eigenvalue weighted by Gasteiger charge is -2.17. The van der Waals surface area contributed by atoms with Crippen molar-refractivity contribution in [2.45, 2.75) is 12.8 Å². The highest BCUT2D eigenvalue weighted by Gasteiger charge is 2.29. The van der Waals surface area contributed by atoms with Crippen molar-refractivity contribution in [2.24, 2.45) is 0 Å². The Labute approximate surface area is 110 Å². The van der Waals surface area contributed by atoms with E-state index in [0.29, 0.717) is 11.4 Å². The van der Waals surface area contributed by atoms with Crippen molar-refractivity contribution < 1.29 is 18.3 Å². The number of aliphatic carboxylic acids is 1. The molecule has 2 rings (SSSR count). The van der Waals surface area contributed by atoms with Crippen molar-refractivity contribution in [3.05, 3.63) is 17.0 Å². The van der Waals surface area contributed by atoms with Crippen LogP contribution in [-0.4, -0.2) is 46.9 Å². The predicted octanol–water partition coefficient (Wildman–Crippen LogP) is -0.466. The smallest absolute Gasteiger partial charge is 0.331 e. The Bertz CT molecular complexity index is 672. The molecule has 0 spiro atoms. The molecule has 0 amide bonds. The van der Waals surface area contributed by atoms with Crippen LogP contribution in [0.4, 0.5) is 5.95 Å². The summed E-state index contributed by atoms with van der Waals surface area (Å²) in [5.74, 6) is -1.20. The van der Waals surface area contributed by atoms with Crippen LogP contribution in [-0.2, 0) is 21.4 Å². The molecule has 1 aromatic heterocycles. The van der Waals surface area contributed by atoms with Crippen LogP contribution in [0.2, 0.25) is 0 Å². The highest BCUT2D eigenvalue weighted by Crippen LogP contribution is 2.27. The van der Waals surface area contributed by atoms with Crippen LogP contribution >= 0.6 is 0 Å². The zero-order chi connectivity index (χ0) is 14.4. The van der Waals surface area contributed by atoms with Crippen molar-refractivity contribution in [2.75, 3.05) is 19.8 Å². The SMILES string of the molecule is CN(C)S(=O)(=O)n1c(N)nc2c1CCC(C(=O)O)=C2. The summed E-state index contributed by atoms with van der Waals surface area (Å²) in [6, 6.07) is 0. The minimum atomic E-state index is -3.76. The first kappa shape index (κ1) is 13.6. The van der Waals surface area contributed by atoms with Gasteiger partial charge in [-0.05, 0) is 18.9 Å². The van der Waals surface area contributed by atoms with Gasteiger partial charge in [-0.25, -0.2) is 9.78 Å². The summed E-state index contributed by atoms with van der Waals surface area (Å²) in [7, 11) is -0.975. The summed E-state index contributed by atoms with van der Waals surface area (Å²) >= 11 is 0. The van der Waals surface area contributed by atoms with Crippen molar-refractivity contribution >= 4 is 28.2 Å². The van der Waals surface area contributed by atoms with Gasteiger partial charge in [-0.1, -0.05) is 0 Å². The van der Waals surface area contributed by atoms with Crippen molar-refractivity contribution in [1.29, 1.82) is 0 Å². The number of hydrogen-bond acceptors (Lipinski definition) is 5. The van der Waals surface area contributed by atoms with Crippen LogP contribution in [0.3, 0.4) is 0 Å². The zero-order valence-electron chi connectivity index (χ0n) is 10.5. The van der Waals surface area contributed by atoms with Crippen LogP contribution in [0.5, 0.6) is 0 Å². The monoisotopic (exact) mass is 286 g/mol. The van der Waals surface area contributed by atoms with E-state index in [9.17, 15) is 13.2 Å². The predicted molar refractivity (Wildman–Crippen MR) is 68.6 cm³/mol. The third-order valence-corrected chi connectivity index (χ3v) is 4.68. The van der Waals surface area contributed by atoms with E-state index in [4.69, 9.17) is 10.8 Å². The quantitative estimate of drug-likeness (QED) is 0.775. The third-order valence-electron chi connectivity index (χ3n) is 2.89. The fourth-order valence-corrected chi connectivity index (χ4v) is 2.97. The first-order valence-electron chi connectivity index (χ1n) is 5.49. The zero-order valence-corrected chi connectivity index (χ0v) is 11.3. The number of nitrogens with two attached hydrogens (primary N) is 1. The van der Waals surface area contributed by atoms with Gasteiger partial charge in [0.15, 0.2) is 0 Å². The summed E-state index contributed by atoms with van der Waals surface area (Å²) in [5.41, 5.74) is 6.54. The van der Waals surface area contributed by atoms with Crippen LogP contribution < -0.4 is 5.73 Å². The molecule has 1 heterocycles. The van der Waals surface area contributed by atoms with E-state index in [1.165, 1.54) is 20.2 Å². The van der Waals surface area contributed by atoms with Crippen LogP contribution in [0.1, 0.15) is 17.8 Å². The number of carboxylic acids is 1. The third kappa shape index (κ3) is 2.10. The highest BCUT2D eigenvalue weighted by atomic mass is 32.2. The maximum Gasteiger partial charge on any atom is 0.331 e. The lowest BCUT2D eigenvalue weighted by molar-refractivity contribution is -0.132. The van der Waals surface area contributed by atoms with Gasteiger partial charge in [-0.2, -0.15) is 16.7 Å². The molecule has 3 N–H and O–H groups in total. The Hall–Kier alpha value is -1.87. The normalized spacial score (nSPS) is 15.2. The second kappa shape index (κ2) is 4.35. The second-order valence-corrected chi connectivity index (χ2v) is 6.32. The molecule has 0 atom stereocenters. The van der Waals surface area contributed by atoms with E-state index in [1.807, 2.05) is 0 Å². The topological polar surface area (TPSA) is 119 Å². The second-order valence-electron chi connectivity index (χ2n) is 4.33. The maximum atomic E-state index is 12.1. The maximum absolute atomic E-state index is 12.1. The summed E-state index contributed by atoms with van der Waals surface area (Å²) in [6.07, 6.45) is 1.88. The van der Waals surface area contributed by atoms with E-state index >= 15 is 0 Å². The van der Waals surface area contributed by atoms with Crippen molar-refractivity contribution in [3.8, 4) is 0 Å².